The first-order valence-corrected chi connectivity index (χ1v) is 12.6. The van der Waals surface area contributed by atoms with Gasteiger partial charge in [0.05, 0.1) is 25.1 Å². The van der Waals surface area contributed by atoms with Gasteiger partial charge in [0.2, 0.25) is 5.95 Å². The number of benzene rings is 2. The van der Waals surface area contributed by atoms with Gasteiger partial charge in [-0.1, -0.05) is 36.4 Å². The first kappa shape index (κ1) is 25.5. The molecule has 1 unspecified atom stereocenters. The highest BCUT2D eigenvalue weighted by Crippen LogP contribution is 2.47. The van der Waals surface area contributed by atoms with E-state index in [1.54, 1.807) is 26.0 Å². The summed E-state index contributed by atoms with van der Waals surface area (Å²) < 4.78 is 32.4. The zero-order valence-electron chi connectivity index (χ0n) is 20.1. The van der Waals surface area contributed by atoms with Crippen LogP contribution in [0.3, 0.4) is 0 Å². The van der Waals surface area contributed by atoms with E-state index in [0.29, 0.717) is 5.75 Å². The number of ether oxygens (including phenoxy) is 1. The van der Waals surface area contributed by atoms with Crippen molar-refractivity contribution in [2.24, 2.45) is 0 Å². The highest BCUT2D eigenvalue weighted by molar-refractivity contribution is 7.52. The van der Waals surface area contributed by atoms with Crippen LogP contribution in [-0.4, -0.2) is 44.1 Å². The number of nitrogens with zero attached hydrogens (tertiary/aromatic N) is 3. The molecule has 0 aliphatic rings. The van der Waals surface area contributed by atoms with E-state index in [0.717, 1.165) is 10.8 Å². The van der Waals surface area contributed by atoms with Gasteiger partial charge in [-0.2, -0.15) is 10.1 Å². The predicted molar refractivity (Wildman–Crippen MR) is 135 cm³/mol. The molecule has 13 heteroatoms. The standard InChI is InChI=1S/C23H27N6O6P/c1-15(30)23(2,3)28-36(32,35-18-10-6-8-16-7-4-5-9-17(16)18)34-12-11-33-14-29-13-25-19-20(29)26-22(24)27-21(19)31/h4-10,13H,11-12,14H2,1-3H3,(H,28,32)(H3,24,26,27,31). The minimum absolute atomic E-state index is 0.00337. The first-order chi connectivity index (χ1) is 17.1. The number of nitrogen functional groups attached to an aromatic ring is 1. The number of ketones is 1. The molecule has 0 bridgehead atoms. The van der Waals surface area contributed by atoms with Crippen LogP contribution in [-0.2, 0) is 25.4 Å². The molecule has 190 valence electrons. The van der Waals surface area contributed by atoms with Crippen LogP contribution in [0.2, 0.25) is 0 Å². The third-order valence-corrected chi connectivity index (χ3v) is 7.27. The zero-order valence-corrected chi connectivity index (χ0v) is 21.0. The van der Waals surface area contributed by atoms with Gasteiger partial charge < -0.3 is 15.0 Å². The average Bonchev–Trinajstić information content (AvgIpc) is 3.21. The van der Waals surface area contributed by atoms with E-state index < -0.39 is 18.8 Å². The Hall–Kier alpha value is -3.57. The number of hydrogen-bond donors (Lipinski definition) is 3. The lowest BCUT2D eigenvalue weighted by Crippen LogP contribution is -2.44. The second-order valence-corrected chi connectivity index (χ2v) is 10.2. The molecule has 12 nitrogen and oxygen atoms in total. The molecular weight excluding hydrogens is 487 g/mol. The predicted octanol–water partition coefficient (Wildman–Crippen LogP) is 2.99. The number of aromatic amines is 1. The van der Waals surface area contributed by atoms with Gasteiger partial charge in [-0.3, -0.25) is 23.7 Å². The third kappa shape index (κ3) is 5.63. The number of imidazole rings is 1. The molecule has 0 radical (unpaired) electrons. The van der Waals surface area contributed by atoms with Gasteiger partial charge in [0.25, 0.3) is 5.56 Å². The molecule has 2 heterocycles. The maximum atomic E-state index is 13.7. The van der Waals surface area contributed by atoms with Gasteiger partial charge >= 0.3 is 7.75 Å². The maximum Gasteiger partial charge on any atom is 0.459 e. The highest BCUT2D eigenvalue weighted by Gasteiger charge is 2.37. The monoisotopic (exact) mass is 514 g/mol. The van der Waals surface area contributed by atoms with Crippen molar-refractivity contribution in [2.75, 3.05) is 18.9 Å². The Balaban J connectivity index is 1.46. The third-order valence-electron chi connectivity index (χ3n) is 5.48. The van der Waals surface area contributed by atoms with Crippen molar-refractivity contribution in [3.63, 3.8) is 0 Å². The van der Waals surface area contributed by atoms with Crippen LogP contribution in [0.5, 0.6) is 5.75 Å². The molecule has 0 aliphatic carbocycles. The number of hydrogen-bond acceptors (Lipinski definition) is 9. The van der Waals surface area contributed by atoms with Crippen molar-refractivity contribution >= 4 is 41.4 Å². The van der Waals surface area contributed by atoms with Gasteiger partial charge in [0, 0.05) is 5.39 Å². The summed E-state index contributed by atoms with van der Waals surface area (Å²) in [6, 6.07) is 12.9. The number of anilines is 1. The van der Waals surface area contributed by atoms with Gasteiger partial charge in [-0.25, -0.2) is 9.55 Å². The number of carbonyl (C=O) groups is 1. The summed E-state index contributed by atoms with van der Waals surface area (Å²) in [4.78, 5) is 34.5. The quantitative estimate of drug-likeness (QED) is 0.200. The molecule has 4 N–H and O–H groups in total. The van der Waals surface area contributed by atoms with Crippen molar-refractivity contribution in [1.82, 2.24) is 24.6 Å². The molecule has 0 aliphatic heterocycles. The molecular formula is C23H27N6O6P. The van der Waals surface area contributed by atoms with E-state index in [4.69, 9.17) is 19.5 Å². The summed E-state index contributed by atoms with van der Waals surface area (Å²) >= 11 is 0. The van der Waals surface area contributed by atoms with Crippen LogP contribution in [0.4, 0.5) is 5.95 Å². The van der Waals surface area contributed by atoms with Crippen LogP contribution in [0.15, 0.2) is 53.6 Å². The van der Waals surface area contributed by atoms with E-state index in [1.165, 1.54) is 17.8 Å². The zero-order chi connectivity index (χ0) is 25.9. The van der Waals surface area contributed by atoms with E-state index in [-0.39, 0.29) is 42.8 Å². The fourth-order valence-electron chi connectivity index (χ4n) is 3.35. The van der Waals surface area contributed by atoms with E-state index >= 15 is 0 Å². The number of rotatable bonds is 11. The smallest absolute Gasteiger partial charge is 0.413 e. The van der Waals surface area contributed by atoms with Crippen molar-refractivity contribution < 1.29 is 23.1 Å². The lowest BCUT2D eigenvalue weighted by atomic mass is 10.0. The van der Waals surface area contributed by atoms with Crippen molar-refractivity contribution in [3.05, 3.63) is 59.1 Å². The van der Waals surface area contributed by atoms with Gasteiger partial charge in [0.1, 0.15) is 18.3 Å². The number of H-pyrrole nitrogens is 1. The molecule has 0 fully saturated rings. The summed E-state index contributed by atoms with van der Waals surface area (Å²) in [7, 11) is -4.02. The van der Waals surface area contributed by atoms with Gasteiger partial charge in [0.15, 0.2) is 11.2 Å². The first-order valence-electron chi connectivity index (χ1n) is 11.1. The normalized spacial score (nSPS) is 13.6. The molecule has 2 aromatic carbocycles. The highest BCUT2D eigenvalue weighted by atomic mass is 31.2. The Kier molecular flexibility index (Phi) is 7.23. The van der Waals surface area contributed by atoms with E-state index in [1.807, 2.05) is 30.3 Å². The van der Waals surface area contributed by atoms with E-state index in [9.17, 15) is 14.2 Å². The Morgan fingerprint density at radius 3 is 2.72 bits per heavy atom. The fourth-order valence-corrected chi connectivity index (χ4v) is 5.09. The van der Waals surface area contributed by atoms with Crippen LogP contribution >= 0.6 is 7.75 Å². The van der Waals surface area contributed by atoms with Crippen LogP contribution < -0.4 is 20.9 Å². The summed E-state index contributed by atoms with van der Waals surface area (Å²) in [5.41, 5.74) is 4.38. The molecule has 4 rings (SSSR count). The largest absolute Gasteiger partial charge is 0.459 e. The summed E-state index contributed by atoms with van der Waals surface area (Å²) in [6.07, 6.45) is 1.40. The lowest BCUT2D eigenvalue weighted by Gasteiger charge is -2.29. The Bertz CT molecular complexity index is 1510. The molecule has 0 saturated carbocycles. The fraction of sp³-hybridized carbons (Fsp3) is 0.304. The molecule has 1 atom stereocenters. The number of aromatic nitrogens is 4. The van der Waals surface area contributed by atoms with Crippen molar-refractivity contribution in [2.45, 2.75) is 33.0 Å². The average molecular weight is 514 g/mol. The molecule has 0 saturated heterocycles. The Morgan fingerprint density at radius 2 is 1.94 bits per heavy atom. The number of carbonyl (C=O) groups excluding carboxylic acids is 1. The minimum atomic E-state index is -4.02. The Labute approximate surface area is 206 Å². The second-order valence-electron chi connectivity index (χ2n) is 8.57. The topological polar surface area (TPSA) is 163 Å². The molecule has 4 aromatic rings. The van der Waals surface area contributed by atoms with E-state index in [2.05, 4.69) is 20.0 Å². The number of fused-ring (bicyclic) bond motifs is 2. The molecule has 2 aromatic heterocycles. The number of nitrogens with two attached hydrogens (primary N) is 1. The summed E-state index contributed by atoms with van der Waals surface area (Å²) in [5, 5.41) is 4.40. The van der Waals surface area contributed by atoms with Crippen molar-refractivity contribution in [1.29, 1.82) is 0 Å². The minimum Gasteiger partial charge on any atom is -0.413 e. The number of Topliss-reactive ketones (excluding diaryl/α,β-unsaturated/α-hetero) is 1. The second kappa shape index (κ2) is 10.2. The van der Waals surface area contributed by atoms with Gasteiger partial charge in [-0.05, 0) is 32.2 Å². The number of nitrogens with one attached hydrogen (secondary N) is 2. The SMILES string of the molecule is CC(=O)C(C)(C)NP(=O)(OCCOCn1cnc2c(=O)[nH]c(N)nc21)Oc1cccc2ccccc12. The van der Waals surface area contributed by atoms with Crippen LogP contribution in [0.25, 0.3) is 21.9 Å². The molecule has 36 heavy (non-hydrogen) atoms. The molecule has 0 amide bonds. The van der Waals surface area contributed by atoms with Gasteiger partial charge in [-0.15, -0.1) is 0 Å². The summed E-state index contributed by atoms with van der Waals surface area (Å²) in [5.74, 6) is 0.0732. The molecule has 0 spiro atoms. The van der Waals surface area contributed by atoms with Crippen molar-refractivity contribution in [3.8, 4) is 5.75 Å². The van der Waals surface area contributed by atoms with Crippen LogP contribution in [0.1, 0.15) is 20.8 Å². The summed E-state index contributed by atoms with van der Waals surface area (Å²) in [6.45, 7) is 4.48. The van der Waals surface area contributed by atoms with Crippen LogP contribution in [0, 0.1) is 0 Å². The Morgan fingerprint density at radius 1 is 1.19 bits per heavy atom. The maximum absolute atomic E-state index is 13.7. The lowest BCUT2D eigenvalue weighted by molar-refractivity contribution is -0.121.